The van der Waals surface area contributed by atoms with Crippen LogP contribution in [-0.4, -0.2) is 45.6 Å². The first-order valence-electron chi connectivity index (χ1n) is 9.97. The van der Waals surface area contributed by atoms with Gasteiger partial charge in [-0.25, -0.2) is 4.68 Å². The van der Waals surface area contributed by atoms with Crippen LogP contribution < -0.4 is 10.1 Å². The smallest absolute Gasteiger partial charge is 0.308 e. The van der Waals surface area contributed by atoms with Crippen LogP contribution in [0.3, 0.4) is 0 Å². The van der Waals surface area contributed by atoms with Crippen molar-refractivity contribution in [1.29, 1.82) is 0 Å². The number of carbonyl (C=O) groups is 3. The largest absolute Gasteiger partial charge is 0.427 e. The molecule has 0 aliphatic carbocycles. The van der Waals surface area contributed by atoms with Gasteiger partial charge in [0, 0.05) is 25.6 Å². The zero-order valence-electron chi connectivity index (χ0n) is 17.7. The highest BCUT2D eigenvalue weighted by molar-refractivity contribution is 6.08. The summed E-state index contributed by atoms with van der Waals surface area (Å²) in [5, 5.41) is 7.16. The molecule has 0 atom stereocenters. The Bertz CT molecular complexity index is 1090. The Kier molecular flexibility index (Phi) is 6.81. The summed E-state index contributed by atoms with van der Waals surface area (Å²) in [5.41, 5.74) is 1.27. The Morgan fingerprint density at radius 1 is 1.03 bits per heavy atom. The highest BCUT2D eigenvalue weighted by Gasteiger charge is 2.24. The molecule has 1 heterocycles. The average Bonchev–Trinajstić information content (AvgIpc) is 3.18. The van der Waals surface area contributed by atoms with E-state index in [1.54, 1.807) is 23.1 Å². The lowest BCUT2D eigenvalue weighted by atomic mass is 10.2. The SMILES string of the molecule is CCN(CC)C(=O)c1cnn(-c2ccccc2)c1NC(=O)c1cccc(OC(C)=O)c1. The van der Waals surface area contributed by atoms with Crippen molar-refractivity contribution in [1.82, 2.24) is 14.7 Å². The Morgan fingerprint density at radius 3 is 2.39 bits per heavy atom. The molecule has 1 aromatic heterocycles. The molecule has 0 bridgehead atoms. The topological polar surface area (TPSA) is 93.5 Å². The maximum absolute atomic E-state index is 13.0. The quantitative estimate of drug-likeness (QED) is 0.466. The summed E-state index contributed by atoms with van der Waals surface area (Å²) in [6.07, 6.45) is 1.46. The minimum absolute atomic E-state index is 0.226. The van der Waals surface area contributed by atoms with Crippen LogP contribution in [0.15, 0.2) is 60.8 Å². The minimum atomic E-state index is -0.480. The Morgan fingerprint density at radius 2 is 1.74 bits per heavy atom. The third-order valence-corrected chi connectivity index (χ3v) is 4.64. The number of anilines is 1. The summed E-state index contributed by atoms with van der Waals surface area (Å²) in [5.74, 6) is -0.634. The fraction of sp³-hybridized carbons (Fsp3) is 0.217. The van der Waals surface area contributed by atoms with Crippen molar-refractivity contribution in [2.75, 3.05) is 18.4 Å². The van der Waals surface area contributed by atoms with Crippen LogP contribution in [0.1, 0.15) is 41.5 Å². The van der Waals surface area contributed by atoms with Crippen LogP contribution in [0.2, 0.25) is 0 Å². The van der Waals surface area contributed by atoms with E-state index in [-0.39, 0.29) is 28.6 Å². The predicted molar refractivity (Wildman–Crippen MR) is 117 cm³/mol. The zero-order chi connectivity index (χ0) is 22.4. The van der Waals surface area contributed by atoms with Gasteiger partial charge in [-0.15, -0.1) is 0 Å². The Hall–Kier alpha value is -3.94. The third kappa shape index (κ3) is 4.98. The second-order valence-corrected chi connectivity index (χ2v) is 6.71. The van der Waals surface area contributed by atoms with Crippen LogP contribution in [0, 0.1) is 0 Å². The van der Waals surface area contributed by atoms with Crippen molar-refractivity contribution in [3.8, 4) is 11.4 Å². The molecule has 3 aromatic rings. The molecular weight excluding hydrogens is 396 g/mol. The molecule has 0 saturated carbocycles. The number of nitrogens with one attached hydrogen (secondary N) is 1. The molecule has 0 spiro atoms. The molecule has 160 valence electrons. The van der Waals surface area contributed by atoms with Gasteiger partial charge in [0.15, 0.2) is 0 Å². The normalized spacial score (nSPS) is 10.4. The summed E-state index contributed by atoms with van der Waals surface area (Å²) in [7, 11) is 0. The van der Waals surface area contributed by atoms with Crippen molar-refractivity contribution < 1.29 is 19.1 Å². The van der Waals surface area contributed by atoms with E-state index in [1.807, 2.05) is 44.2 Å². The summed E-state index contributed by atoms with van der Waals surface area (Å²) in [6, 6.07) is 15.5. The molecule has 0 saturated heterocycles. The van der Waals surface area contributed by atoms with E-state index in [9.17, 15) is 14.4 Å². The highest BCUT2D eigenvalue weighted by Crippen LogP contribution is 2.23. The number of benzene rings is 2. The lowest BCUT2D eigenvalue weighted by molar-refractivity contribution is -0.131. The number of hydrogen-bond acceptors (Lipinski definition) is 5. The van der Waals surface area contributed by atoms with Gasteiger partial charge in [-0.1, -0.05) is 24.3 Å². The number of nitrogens with zero attached hydrogens (tertiary/aromatic N) is 3. The summed E-state index contributed by atoms with van der Waals surface area (Å²) in [4.78, 5) is 38.9. The number of rotatable bonds is 7. The molecule has 0 aliphatic rings. The van der Waals surface area contributed by atoms with Gasteiger partial charge in [-0.05, 0) is 44.2 Å². The number of carbonyl (C=O) groups excluding carboxylic acids is 3. The zero-order valence-corrected chi connectivity index (χ0v) is 17.7. The molecule has 2 aromatic carbocycles. The van der Waals surface area contributed by atoms with Crippen LogP contribution >= 0.6 is 0 Å². The van der Waals surface area contributed by atoms with E-state index in [0.717, 1.165) is 0 Å². The first-order chi connectivity index (χ1) is 14.9. The summed E-state index contributed by atoms with van der Waals surface area (Å²) >= 11 is 0. The number of amides is 2. The van der Waals surface area contributed by atoms with Crippen molar-refractivity contribution in [2.45, 2.75) is 20.8 Å². The van der Waals surface area contributed by atoms with Gasteiger partial charge in [0.1, 0.15) is 17.1 Å². The van der Waals surface area contributed by atoms with Crippen molar-refractivity contribution in [2.24, 2.45) is 0 Å². The van der Waals surface area contributed by atoms with Crippen LogP contribution in [0.5, 0.6) is 5.75 Å². The second-order valence-electron chi connectivity index (χ2n) is 6.71. The molecule has 0 aliphatic heterocycles. The van der Waals surface area contributed by atoms with Gasteiger partial charge in [0.05, 0.1) is 11.9 Å². The average molecular weight is 420 g/mol. The van der Waals surface area contributed by atoms with E-state index < -0.39 is 11.9 Å². The van der Waals surface area contributed by atoms with Gasteiger partial charge >= 0.3 is 5.97 Å². The number of aromatic nitrogens is 2. The van der Waals surface area contributed by atoms with Crippen molar-refractivity contribution >= 4 is 23.6 Å². The number of esters is 1. The van der Waals surface area contributed by atoms with E-state index in [1.165, 1.54) is 23.9 Å². The first-order valence-corrected chi connectivity index (χ1v) is 9.97. The lowest BCUT2D eigenvalue weighted by Crippen LogP contribution is -2.31. The fourth-order valence-corrected chi connectivity index (χ4v) is 3.12. The third-order valence-electron chi connectivity index (χ3n) is 4.64. The molecule has 0 unspecified atom stereocenters. The van der Waals surface area contributed by atoms with E-state index in [4.69, 9.17) is 4.74 Å². The van der Waals surface area contributed by atoms with E-state index in [0.29, 0.717) is 18.8 Å². The number of hydrogen-bond donors (Lipinski definition) is 1. The first kappa shape index (κ1) is 21.8. The van der Waals surface area contributed by atoms with E-state index in [2.05, 4.69) is 10.4 Å². The molecular formula is C23H24N4O4. The fourth-order valence-electron chi connectivity index (χ4n) is 3.12. The molecule has 2 amide bonds. The standard InChI is InChI=1S/C23H24N4O4/c1-4-26(5-2)23(30)20-15-24-27(18-11-7-6-8-12-18)21(20)25-22(29)17-10-9-13-19(14-17)31-16(3)28/h6-15H,4-5H2,1-3H3,(H,25,29). The summed E-state index contributed by atoms with van der Waals surface area (Å²) < 4.78 is 6.58. The van der Waals surface area contributed by atoms with Gasteiger partial charge in [0.2, 0.25) is 0 Å². The van der Waals surface area contributed by atoms with Crippen molar-refractivity contribution in [3.05, 3.63) is 71.9 Å². The number of ether oxygens (including phenoxy) is 1. The van der Waals surface area contributed by atoms with Gasteiger partial charge < -0.3 is 15.0 Å². The maximum atomic E-state index is 13.0. The maximum Gasteiger partial charge on any atom is 0.308 e. The highest BCUT2D eigenvalue weighted by atomic mass is 16.5. The Balaban J connectivity index is 2.00. The second kappa shape index (κ2) is 9.71. The molecule has 0 fully saturated rings. The molecule has 3 rings (SSSR count). The van der Waals surface area contributed by atoms with Gasteiger partial charge in [-0.3, -0.25) is 14.4 Å². The van der Waals surface area contributed by atoms with Crippen molar-refractivity contribution in [3.63, 3.8) is 0 Å². The molecule has 31 heavy (non-hydrogen) atoms. The predicted octanol–water partition coefficient (Wildman–Crippen LogP) is 3.53. The minimum Gasteiger partial charge on any atom is -0.427 e. The molecule has 0 radical (unpaired) electrons. The lowest BCUT2D eigenvalue weighted by Gasteiger charge is -2.19. The van der Waals surface area contributed by atoms with Gasteiger partial charge in [0.25, 0.3) is 11.8 Å². The molecule has 1 N–H and O–H groups in total. The Labute approximate surface area is 180 Å². The van der Waals surface area contributed by atoms with Gasteiger partial charge in [-0.2, -0.15) is 5.10 Å². The molecule has 8 heteroatoms. The van der Waals surface area contributed by atoms with Crippen LogP contribution in [0.4, 0.5) is 5.82 Å². The van der Waals surface area contributed by atoms with E-state index >= 15 is 0 Å². The summed E-state index contributed by atoms with van der Waals surface area (Å²) in [6.45, 7) is 6.13. The van der Waals surface area contributed by atoms with Crippen LogP contribution in [0.25, 0.3) is 5.69 Å². The van der Waals surface area contributed by atoms with Crippen LogP contribution in [-0.2, 0) is 4.79 Å². The molecule has 8 nitrogen and oxygen atoms in total. The monoisotopic (exact) mass is 420 g/mol. The number of para-hydroxylation sites is 1.